The fourth-order valence-corrected chi connectivity index (χ4v) is 2.72. The number of pyridine rings is 1. The van der Waals surface area contributed by atoms with Crippen molar-refractivity contribution in [2.24, 2.45) is 0 Å². The predicted molar refractivity (Wildman–Crippen MR) is 86.6 cm³/mol. The first-order valence-corrected chi connectivity index (χ1v) is 7.44. The van der Waals surface area contributed by atoms with Gasteiger partial charge < -0.3 is 14.2 Å². The van der Waals surface area contributed by atoms with E-state index < -0.39 is 0 Å². The lowest BCUT2D eigenvalue weighted by molar-refractivity contribution is 0.172. The number of aromatic nitrogens is 2. The van der Waals surface area contributed by atoms with Gasteiger partial charge in [0, 0.05) is 36.2 Å². The van der Waals surface area contributed by atoms with Crippen LogP contribution in [0, 0.1) is 0 Å². The van der Waals surface area contributed by atoms with Gasteiger partial charge in [-0.05, 0) is 42.3 Å². The van der Waals surface area contributed by atoms with Gasteiger partial charge in [-0.3, -0.25) is 0 Å². The smallest absolute Gasteiger partial charge is 0.160 e. The van der Waals surface area contributed by atoms with Crippen molar-refractivity contribution >= 4 is 11.0 Å². The maximum Gasteiger partial charge on any atom is 0.160 e. The SMILES string of the molecule is C1=CN(CCc2ccc(-n3ccc4cccnc43)cc2)CO1. The highest BCUT2D eigenvalue weighted by Crippen LogP contribution is 2.19. The summed E-state index contributed by atoms with van der Waals surface area (Å²) in [5, 5.41) is 1.16. The summed E-state index contributed by atoms with van der Waals surface area (Å²) in [6.07, 6.45) is 8.65. The van der Waals surface area contributed by atoms with Crippen LogP contribution in [0.5, 0.6) is 0 Å². The first kappa shape index (κ1) is 13.0. The zero-order valence-corrected chi connectivity index (χ0v) is 12.2. The molecule has 3 aromatic rings. The molecule has 110 valence electrons. The number of hydrogen-bond donors (Lipinski definition) is 0. The molecule has 4 nitrogen and oxygen atoms in total. The Bertz CT molecular complexity index is 805. The fraction of sp³-hybridized carbons (Fsp3) is 0.167. The van der Waals surface area contributed by atoms with Gasteiger partial charge in [-0.2, -0.15) is 0 Å². The Kier molecular flexibility index (Phi) is 3.27. The van der Waals surface area contributed by atoms with E-state index in [2.05, 4.69) is 57.0 Å². The molecule has 0 N–H and O–H groups in total. The van der Waals surface area contributed by atoms with Gasteiger partial charge in [-0.25, -0.2) is 4.98 Å². The van der Waals surface area contributed by atoms with Gasteiger partial charge in [0.2, 0.25) is 0 Å². The standard InChI is InChI=1S/C18H17N3O/c1-2-16-8-11-21(18(16)19-9-1)17-5-3-15(4-6-17)7-10-20-12-13-22-14-20/h1-6,8-9,11-13H,7,10,14H2. The Morgan fingerprint density at radius 3 is 2.82 bits per heavy atom. The number of ether oxygens (including phenoxy) is 1. The maximum atomic E-state index is 5.19. The molecule has 0 amide bonds. The topological polar surface area (TPSA) is 30.3 Å². The number of hydrogen-bond acceptors (Lipinski definition) is 3. The van der Waals surface area contributed by atoms with E-state index in [1.807, 2.05) is 18.5 Å². The van der Waals surface area contributed by atoms with Crippen LogP contribution in [0.1, 0.15) is 5.56 Å². The van der Waals surface area contributed by atoms with E-state index in [-0.39, 0.29) is 0 Å². The van der Waals surface area contributed by atoms with Crippen molar-refractivity contribution in [3.63, 3.8) is 0 Å². The fourth-order valence-electron chi connectivity index (χ4n) is 2.72. The summed E-state index contributed by atoms with van der Waals surface area (Å²) in [5.41, 5.74) is 3.46. The average molecular weight is 291 g/mol. The van der Waals surface area contributed by atoms with Gasteiger partial charge in [-0.15, -0.1) is 0 Å². The highest BCUT2D eigenvalue weighted by molar-refractivity contribution is 5.77. The van der Waals surface area contributed by atoms with Crippen LogP contribution in [0.3, 0.4) is 0 Å². The van der Waals surface area contributed by atoms with E-state index in [1.165, 1.54) is 5.56 Å². The molecule has 1 aliphatic rings. The van der Waals surface area contributed by atoms with E-state index in [1.54, 1.807) is 6.26 Å². The van der Waals surface area contributed by atoms with E-state index in [0.717, 1.165) is 29.7 Å². The summed E-state index contributed by atoms with van der Waals surface area (Å²) >= 11 is 0. The largest absolute Gasteiger partial charge is 0.479 e. The van der Waals surface area contributed by atoms with E-state index in [4.69, 9.17) is 4.74 Å². The first-order valence-electron chi connectivity index (χ1n) is 7.44. The summed E-state index contributed by atoms with van der Waals surface area (Å²) in [6.45, 7) is 1.64. The second-order valence-corrected chi connectivity index (χ2v) is 5.41. The van der Waals surface area contributed by atoms with Crippen molar-refractivity contribution < 1.29 is 4.74 Å². The van der Waals surface area contributed by atoms with Gasteiger partial charge in [0.05, 0.1) is 0 Å². The summed E-state index contributed by atoms with van der Waals surface area (Å²) in [6, 6.07) is 14.8. The minimum Gasteiger partial charge on any atom is -0.479 e. The molecule has 4 rings (SSSR count). The molecule has 1 aromatic carbocycles. The number of rotatable bonds is 4. The highest BCUT2D eigenvalue weighted by Gasteiger charge is 2.06. The minimum absolute atomic E-state index is 0.666. The molecular weight excluding hydrogens is 274 g/mol. The summed E-state index contributed by atoms with van der Waals surface area (Å²) in [4.78, 5) is 6.63. The van der Waals surface area contributed by atoms with Gasteiger partial charge in [0.1, 0.15) is 11.9 Å². The van der Waals surface area contributed by atoms with Crippen LogP contribution < -0.4 is 0 Å². The normalized spacial score (nSPS) is 13.7. The number of benzene rings is 1. The molecule has 0 aliphatic carbocycles. The monoisotopic (exact) mass is 291 g/mol. The molecule has 22 heavy (non-hydrogen) atoms. The van der Waals surface area contributed by atoms with Gasteiger partial charge in [-0.1, -0.05) is 12.1 Å². The lowest BCUT2D eigenvalue weighted by Crippen LogP contribution is -2.18. The van der Waals surface area contributed by atoms with Crippen LogP contribution in [0.2, 0.25) is 0 Å². The van der Waals surface area contributed by atoms with Crippen molar-refractivity contribution in [3.8, 4) is 5.69 Å². The van der Waals surface area contributed by atoms with Crippen molar-refractivity contribution in [1.29, 1.82) is 0 Å². The Morgan fingerprint density at radius 1 is 1.09 bits per heavy atom. The lowest BCUT2D eigenvalue weighted by Gasteiger charge is -2.13. The third kappa shape index (κ3) is 2.44. The van der Waals surface area contributed by atoms with Gasteiger partial charge in [0.15, 0.2) is 6.73 Å². The van der Waals surface area contributed by atoms with Gasteiger partial charge in [0.25, 0.3) is 0 Å². The van der Waals surface area contributed by atoms with Crippen molar-refractivity contribution in [2.45, 2.75) is 6.42 Å². The third-order valence-corrected chi connectivity index (χ3v) is 3.96. The molecule has 0 saturated heterocycles. The van der Waals surface area contributed by atoms with E-state index in [9.17, 15) is 0 Å². The highest BCUT2D eigenvalue weighted by atomic mass is 16.5. The van der Waals surface area contributed by atoms with E-state index in [0.29, 0.717) is 6.73 Å². The Balaban J connectivity index is 1.52. The van der Waals surface area contributed by atoms with Crippen LogP contribution in [0.15, 0.2) is 67.3 Å². The van der Waals surface area contributed by atoms with Crippen molar-refractivity contribution in [3.05, 3.63) is 72.9 Å². The Hall–Kier alpha value is -2.75. The third-order valence-electron chi connectivity index (χ3n) is 3.96. The second kappa shape index (κ2) is 5.56. The second-order valence-electron chi connectivity index (χ2n) is 5.41. The molecule has 3 heterocycles. The quantitative estimate of drug-likeness (QED) is 0.738. The summed E-state index contributed by atoms with van der Waals surface area (Å²) in [5.74, 6) is 0. The van der Waals surface area contributed by atoms with Crippen LogP contribution in [0.4, 0.5) is 0 Å². The first-order chi connectivity index (χ1) is 10.9. The van der Waals surface area contributed by atoms with Crippen LogP contribution >= 0.6 is 0 Å². The molecule has 0 fully saturated rings. The van der Waals surface area contributed by atoms with E-state index >= 15 is 0 Å². The molecule has 0 unspecified atom stereocenters. The molecule has 1 aliphatic heterocycles. The molecule has 0 spiro atoms. The average Bonchev–Trinajstić information content (AvgIpc) is 3.23. The molecule has 0 saturated carbocycles. The van der Waals surface area contributed by atoms with Crippen LogP contribution in [-0.4, -0.2) is 27.7 Å². The molecule has 0 radical (unpaired) electrons. The molecular formula is C18H17N3O. The molecule has 0 atom stereocenters. The Labute approximate surface area is 129 Å². The number of nitrogens with zero attached hydrogens (tertiary/aromatic N) is 3. The zero-order valence-electron chi connectivity index (χ0n) is 12.2. The Morgan fingerprint density at radius 2 is 2.00 bits per heavy atom. The summed E-state index contributed by atoms with van der Waals surface area (Å²) in [7, 11) is 0. The number of fused-ring (bicyclic) bond motifs is 1. The predicted octanol–water partition coefficient (Wildman–Crippen LogP) is 3.33. The zero-order chi connectivity index (χ0) is 14.8. The van der Waals surface area contributed by atoms with Gasteiger partial charge >= 0.3 is 0 Å². The van der Waals surface area contributed by atoms with Crippen molar-refractivity contribution in [1.82, 2.24) is 14.5 Å². The lowest BCUT2D eigenvalue weighted by atomic mass is 10.1. The molecule has 4 heteroatoms. The van der Waals surface area contributed by atoms with Crippen molar-refractivity contribution in [2.75, 3.05) is 13.3 Å². The molecule has 2 aromatic heterocycles. The van der Waals surface area contributed by atoms with Crippen LogP contribution in [0.25, 0.3) is 16.7 Å². The minimum atomic E-state index is 0.666. The molecule has 0 bridgehead atoms. The summed E-state index contributed by atoms with van der Waals surface area (Å²) < 4.78 is 7.31. The van der Waals surface area contributed by atoms with Crippen LogP contribution in [-0.2, 0) is 11.2 Å². The maximum absolute atomic E-state index is 5.19.